The van der Waals surface area contributed by atoms with E-state index in [1.807, 2.05) is 39.8 Å². The Morgan fingerprint density at radius 2 is 1.22 bits per heavy atom. The zero-order valence-corrected chi connectivity index (χ0v) is 35.6. The second kappa shape index (κ2) is 18.1. The summed E-state index contributed by atoms with van der Waals surface area (Å²) in [5.74, 6) is -1.36. The molecule has 0 aliphatic carbocycles. The Kier molecular flexibility index (Phi) is 12.3. The van der Waals surface area contributed by atoms with Crippen molar-refractivity contribution < 1.29 is 33.4 Å². The number of carbonyl (C=O) groups is 4. The number of ether oxygens (including phenoxy) is 3. The largest absolute Gasteiger partial charge is 0.491 e. The van der Waals surface area contributed by atoms with Crippen LogP contribution < -0.4 is 36.9 Å². The van der Waals surface area contributed by atoms with Gasteiger partial charge < -0.3 is 34.8 Å². The van der Waals surface area contributed by atoms with E-state index in [1.165, 1.54) is 0 Å². The first kappa shape index (κ1) is 42.6. The first-order chi connectivity index (χ1) is 30.4. The second-order valence-electron chi connectivity index (χ2n) is 15.7. The Balaban J connectivity index is 1.25. The molecule has 330 valence electrons. The monoisotopic (exact) mass is 861 g/mol. The molecule has 1 fully saturated rings. The smallest absolute Gasteiger partial charge is 0.276 e. The van der Waals surface area contributed by atoms with E-state index in [0.29, 0.717) is 89.2 Å². The highest BCUT2D eigenvalue weighted by Gasteiger charge is 2.26. The van der Waals surface area contributed by atoms with Crippen LogP contribution in [0.2, 0.25) is 0 Å². The van der Waals surface area contributed by atoms with Crippen LogP contribution in [-0.4, -0.2) is 94.9 Å². The molecule has 0 bridgehead atoms. The minimum atomic E-state index is -0.675. The Morgan fingerprint density at radius 3 is 1.65 bits per heavy atom. The molecule has 6 aromatic rings. The summed E-state index contributed by atoms with van der Waals surface area (Å²) >= 11 is 0. The van der Waals surface area contributed by atoms with Gasteiger partial charge in [-0.25, -0.2) is 9.97 Å². The summed E-state index contributed by atoms with van der Waals surface area (Å²) < 4.78 is 25.6. The van der Waals surface area contributed by atoms with Crippen molar-refractivity contribution in [2.24, 2.45) is 17.4 Å². The van der Waals surface area contributed by atoms with Crippen molar-refractivity contribution in [3.8, 4) is 11.5 Å². The SMILES string of the molecule is CCn1nc(C)cc1C(=O)Nc1nc2cc(C(N)=O)cc3c2n1C/C=C/Cn1c(NC(=O)c2cc(C)nn2CC)nc2cc(C(N)=O)cc(c21)OCC(CCC1CCOCN1)CO3. The molecule has 4 amide bonds. The Labute approximate surface area is 361 Å². The Morgan fingerprint density at radius 1 is 0.730 bits per heavy atom. The molecule has 8 rings (SSSR count). The van der Waals surface area contributed by atoms with E-state index in [-0.39, 0.29) is 61.3 Å². The fourth-order valence-corrected chi connectivity index (χ4v) is 8.03. The third-order valence-electron chi connectivity index (χ3n) is 11.2. The van der Waals surface area contributed by atoms with Gasteiger partial charge in [0.2, 0.25) is 23.7 Å². The van der Waals surface area contributed by atoms with Gasteiger partial charge in [-0.15, -0.1) is 0 Å². The molecule has 63 heavy (non-hydrogen) atoms. The first-order valence-corrected chi connectivity index (χ1v) is 21.0. The van der Waals surface area contributed by atoms with Crippen molar-refractivity contribution in [3.63, 3.8) is 0 Å². The number of hydrogen-bond acceptors (Lipinski definition) is 12. The minimum Gasteiger partial charge on any atom is -0.491 e. The Hall–Kier alpha value is -7.06. The number of imidazole rings is 2. The average Bonchev–Trinajstić information content (AvgIpc) is 4.03. The number of amides is 4. The minimum absolute atomic E-state index is 0.141. The van der Waals surface area contributed by atoms with Crippen LogP contribution in [0, 0.1) is 19.8 Å². The second-order valence-corrected chi connectivity index (χ2v) is 15.7. The highest BCUT2D eigenvalue weighted by atomic mass is 16.5. The van der Waals surface area contributed by atoms with Crippen molar-refractivity contribution in [2.75, 3.05) is 37.2 Å². The van der Waals surface area contributed by atoms with Crippen molar-refractivity contribution in [1.29, 1.82) is 0 Å². The van der Waals surface area contributed by atoms with Crippen molar-refractivity contribution in [3.05, 3.63) is 82.5 Å². The van der Waals surface area contributed by atoms with Gasteiger partial charge in [0.25, 0.3) is 11.8 Å². The lowest BCUT2D eigenvalue weighted by atomic mass is 9.99. The van der Waals surface area contributed by atoms with E-state index < -0.39 is 23.6 Å². The number of hydrogen-bond donors (Lipinski definition) is 5. The number of nitrogens with zero attached hydrogens (tertiary/aromatic N) is 8. The van der Waals surface area contributed by atoms with E-state index in [9.17, 15) is 19.2 Å². The molecule has 1 unspecified atom stereocenters. The van der Waals surface area contributed by atoms with Crippen molar-refractivity contribution >= 4 is 57.6 Å². The molecule has 0 saturated carbocycles. The summed E-state index contributed by atoms with van der Waals surface area (Å²) in [7, 11) is 0. The lowest BCUT2D eigenvalue weighted by Gasteiger charge is -2.26. The number of anilines is 2. The molecule has 0 spiro atoms. The number of benzene rings is 2. The fraction of sp³-hybridized carbons (Fsp3) is 0.395. The molecular formula is C43H51N13O7. The number of carbonyl (C=O) groups excluding carboxylic acids is 4. The molecular weight excluding hydrogens is 811 g/mol. The van der Waals surface area contributed by atoms with Gasteiger partial charge in [-0.05, 0) is 83.4 Å². The highest BCUT2D eigenvalue weighted by Crippen LogP contribution is 2.35. The van der Waals surface area contributed by atoms with Gasteiger partial charge in [-0.1, -0.05) is 12.2 Å². The topological polar surface area (TPSA) is 255 Å². The maximum Gasteiger partial charge on any atom is 0.276 e. The summed E-state index contributed by atoms with van der Waals surface area (Å²) in [5, 5.41) is 18.2. The summed E-state index contributed by atoms with van der Waals surface area (Å²) in [6.07, 6.45) is 6.02. The van der Waals surface area contributed by atoms with Gasteiger partial charge in [-0.2, -0.15) is 10.2 Å². The predicted molar refractivity (Wildman–Crippen MR) is 233 cm³/mol. The number of aryl methyl sites for hydroxylation is 4. The molecule has 1 saturated heterocycles. The van der Waals surface area contributed by atoms with Crippen LogP contribution >= 0.6 is 0 Å². The summed E-state index contributed by atoms with van der Waals surface area (Å²) in [6, 6.07) is 9.93. The lowest BCUT2D eigenvalue weighted by molar-refractivity contribution is 0.0559. The number of nitrogens with two attached hydrogens (primary N) is 2. The van der Waals surface area contributed by atoms with Gasteiger partial charge >= 0.3 is 0 Å². The van der Waals surface area contributed by atoms with Crippen LogP contribution in [0.5, 0.6) is 11.5 Å². The van der Waals surface area contributed by atoms with Gasteiger partial charge in [0.1, 0.15) is 33.9 Å². The molecule has 4 aromatic heterocycles. The maximum absolute atomic E-state index is 13.8. The maximum atomic E-state index is 13.8. The van der Waals surface area contributed by atoms with Gasteiger partial charge in [-0.3, -0.25) is 44.5 Å². The number of rotatable bonds is 11. The van der Waals surface area contributed by atoms with Crippen LogP contribution in [0.1, 0.15) is 86.2 Å². The van der Waals surface area contributed by atoms with Crippen LogP contribution in [0.3, 0.4) is 0 Å². The molecule has 20 nitrogen and oxygen atoms in total. The molecule has 2 aliphatic rings. The number of nitrogens with one attached hydrogen (secondary N) is 3. The number of primary amides is 2. The predicted octanol–water partition coefficient (Wildman–Crippen LogP) is 3.90. The molecule has 6 heterocycles. The highest BCUT2D eigenvalue weighted by molar-refractivity contribution is 6.05. The van der Waals surface area contributed by atoms with E-state index in [2.05, 4.69) is 26.1 Å². The standard InChI is InChI=1S/C43H51N13O7/c1-5-55-32(15-24(3)51-55)40(59)49-42-47-30-17-27(38(44)57)19-34-36(30)53(42)12-7-8-13-54-37-31(48-43(54)50-41(60)33-16-25(4)52-56(33)6-2)18-28(39(45)58)20-35(37)63-22-26(21-62-34)9-10-29-11-14-61-23-46-29/h7-8,15-20,26,29,46H,5-6,9-14,21-23H2,1-4H3,(H2,44,57)(H2,45,58)(H,47,49,59)(H,48,50,60)/b8-7+. The van der Waals surface area contributed by atoms with E-state index in [0.717, 1.165) is 12.8 Å². The third-order valence-corrected chi connectivity index (χ3v) is 11.2. The van der Waals surface area contributed by atoms with Crippen LogP contribution in [-0.2, 0) is 30.9 Å². The first-order valence-electron chi connectivity index (χ1n) is 21.0. The molecule has 20 heteroatoms. The lowest BCUT2D eigenvalue weighted by Crippen LogP contribution is -2.38. The summed E-state index contributed by atoms with van der Waals surface area (Å²) in [4.78, 5) is 62.7. The van der Waals surface area contributed by atoms with Crippen molar-refractivity contribution in [1.82, 2.24) is 44.0 Å². The number of aromatic nitrogens is 8. The van der Waals surface area contributed by atoms with Crippen molar-refractivity contribution in [2.45, 2.75) is 79.2 Å². The zero-order chi connectivity index (χ0) is 44.4. The normalized spacial score (nSPS) is 16.5. The van der Waals surface area contributed by atoms with E-state index >= 15 is 0 Å². The fourth-order valence-electron chi connectivity index (χ4n) is 8.03. The molecule has 7 N–H and O–H groups in total. The average molecular weight is 862 g/mol. The third kappa shape index (κ3) is 8.98. The van der Waals surface area contributed by atoms with Gasteiger partial charge in [0, 0.05) is 55.9 Å². The van der Waals surface area contributed by atoms with Crippen LogP contribution in [0.25, 0.3) is 22.1 Å². The molecule has 1 atom stereocenters. The van der Waals surface area contributed by atoms with Crippen LogP contribution in [0.4, 0.5) is 11.9 Å². The molecule has 2 aromatic carbocycles. The molecule has 0 radical (unpaired) electrons. The zero-order valence-electron chi connectivity index (χ0n) is 35.6. The van der Waals surface area contributed by atoms with Crippen LogP contribution in [0.15, 0.2) is 48.6 Å². The quantitative estimate of drug-likeness (QED) is 0.116. The van der Waals surface area contributed by atoms with Gasteiger partial charge in [0.15, 0.2) is 0 Å². The Bertz CT molecular complexity index is 2580. The summed E-state index contributed by atoms with van der Waals surface area (Å²) in [6.45, 7) is 10.1. The number of allylic oxidation sites excluding steroid dienone is 2. The van der Waals surface area contributed by atoms with E-state index in [1.54, 1.807) is 54.9 Å². The van der Waals surface area contributed by atoms with Gasteiger partial charge in [0.05, 0.1) is 42.4 Å². The van der Waals surface area contributed by atoms with E-state index in [4.69, 9.17) is 35.6 Å². The summed E-state index contributed by atoms with van der Waals surface area (Å²) in [5.41, 5.74) is 15.9. The molecule has 2 aliphatic heterocycles.